The zero-order valence-corrected chi connectivity index (χ0v) is 9.97. The number of halogens is 1. The van der Waals surface area contributed by atoms with Gasteiger partial charge in [0.05, 0.1) is 12.7 Å². The number of ketones is 1. The Morgan fingerprint density at radius 3 is 2.73 bits per heavy atom. The fourth-order valence-electron chi connectivity index (χ4n) is 1.32. The first-order chi connectivity index (χ1) is 7.10. The van der Waals surface area contributed by atoms with Crippen LogP contribution in [0.25, 0.3) is 0 Å². The quantitative estimate of drug-likeness (QED) is 0.734. The molecule has 1 unspecified atom stereocenters. The number of ether oxygens (including phenoxy) is 1. The van der Waals surface area contributed by atoms with Crippen LogP contribution in [0.2, 0.25) is 5.02 Å². The highest BCUT2D eigenvalue weighted by atomic mass is 35.5. The second-order valence-electron chi connectivity index (χ2n) is 3.52. The minimum atomic E-state index is 0.0140. The summed E-state index contributed by atoms with van der Waals surface area (Å²) in [4.78, 5) is 11.9. The average molecular weight is 227 g/mol. The molecule has 0 spiro atoms. The van der Waals surface area contributed by atoms with Gasteiger partial charge in [0.2, 0.25) is 0 Å². The van der Waals surface area contributed by atoms with E-state index in [0.29, 0.717) is 16.3 Å². The molecule has 1 aromatic rings. The van der Waals surface area contributed by atoms with Gasteiger partial charge in [-0.15, -0.1) is 0 Å². The highest BCUT2D eigenvalue weighted by molar-refractivity contribution is 6.30. The Hall–Kier alpha value is -1.02. The van der Waals surface area contributed by atoms with Crippen LogP contribution in [0.3, 0.4) is 0 Å². The molecule has 0 radical (unpaired) electrons. The summed E-state index contributed by atoms with van der Waals surface area (Å²) < 4.78 is 5.14. The van der Waals surface area contributed by atoms with Gasteiger partial charge in [-0.3, -0.25) is 4.79 Å². The normalized spacial score (nSPS) is 12.3. The van der Waals surface area contributed by atoms with E-state index in [0.717, 1.165) is 6.42 Å². The SMILES string of the molecule is CCC(C)C(=O)c1ccc(Cl)cc1OC. The summed E-state index contributed by atoms with van der Waals surface area (Å²) >= 11 is 5.82. The van der Waals surface area contributed by atoms with E-state index < -0.39 is 0 Å². The molecule has 0 saturated carbocycles. The highest BCUT2D eigenvalue weighted by Gasteiger charge is 2.17. The number of methoxy groups -OCH3 is 1. The molecule has 0 saturated heterocycles. The van der Waals surface area contributed by atoms with Crippen LogP contribution in [0.5, 0.6) is 5.75 Å². The lowest BCUT2D eigenvalue weighted by molar-refractivity contribution is 0.0924. The van der Waals surface area contributed by atoms with Crippen molar-refractivity contribution in [1.29, 1.82) is 0 Å². The van der Waals surface area contributed by atoms with Crippen molar-refractivity contribution in [3.63, 3.8) is 0 Å². The minimum absolute atomic E-state index is 0.0140. The number of hydrogen-bond donors (Lipinski definition) is 0. The summed E-state index contributed by atoms with van der Waals surface area (Å²) in [6.45, 7) is 3.90. The van der Waals surface area contributed by atoms with Crippen molar-refractivity contribution in [3.8, 4) is 5.75 Å². The zero-order valence-electron chi connectivity index (χ0n) is 9.21. The van der Waals surface area contributed by atoms with Crippen LogP contribution in [0.1, 0.15) is 30.6 Å². The van der Waals surface area contributed by atoms with Gasteiger partial charge in [0.25, 0.3) is 0 Å². The van der Waals surface area contributed by atoms with E-state index in [1.807, 2.05) is 13.8 Å². The summed E-state index contributed by atoms with van der Waals surface area (Å²) in [5.41, 5.74) is 0.608. The monoisotopic (exact) mass is 226 g/mol. The van der Waals surface area contributed by atoms with Gasteiger partial charge in [-0.05, 0) is 24.6 Å². The molecule has 0 heterocycles. The first-order valence-electron chi connectivity index (χ1n) is 4.97. The molecule has 82 valence electrons. The van der Waals surface area contributed by atoms with Crippen LogP contribution in [0.4, 0.5) is 0 Å². The smallest absolute Gasteiger partial charge is 0.169 e. The Balaban J connectivity index is 3.08. The van der Waals surface area contributed by atoms with Crippen LogP contribution in [-0.4, -0.2) is 12.9 Å². The van der Waals surface area contributed by atoms with Crippen molar-refractivity contribution in [3.05, 3.63) is 28.8 Å². The number of hydrogen-bond acceptors (Lipinski definition) is 2. The molecule has 1 aromatic carbocycles. The third-order valence-electron chi connectivity index (χ3n) is 2.49. The Kier molecular flexibility index (Phi) is 4.15. The Bertz CT molecular complexity index is 361. The van der Waals surface area contributed by atoms with Crippen molar-refractivity contribution in [2.75, 3.05) is 7.11 Å². The molecule has 3 heteroatoms. The summed E-state index contributed by atoms with van der Waals surface area (Å²) in [7, 11) is 1.54. The van der Waals surface area contributed by atoms with E-state index >= 15 is 0 Å². The molecular weight excluding hydrogens is 212 g/mol. The predicted octanol–water partition coefficient (Wildman–Crippen LogP) is 3.58. The average Bonchev–Trinajstić information content (AvgIpc) is 2.26. The first-order valence-corrected chi connectivity index (χ1v) is 5.35. The number of carbonyl (C=O) groups is 1. The van der Waals surface area contributed by atoms with Gasteiger partial charge in [-0.2, -0.15) is 0 Å². The summed E-state index contributed by atoms with van der Waals surface area (Å²) in [6.07, 6.45) is 0.824. The molecule has 0 aliphatic rings. The third kappa shape index (κ3) is 2.72. The lowest BCUT2D eigenvalue weighted by Crippen LogP contribution is -2.11. The van der Waals surface area contributed by atoms with Crippen molar-refractivity contribution in [1.82, 2.24) is 0 Å². The second kappa shape index (κ2) is 5.17. The molecule has 0 aromatic heterocycles. The van der Waals surface area contributed by atoms with Gasteiger partial charge < -0.3 is 4.74 Å². The lowest BCUT2D eigenvalue weighted by atomic mass is 9.96. The fourth-order valence-corrected chi connectivity index (χ4v) is 1.48. The number of Topliss-reactive ketones (excluding diaryl/α,β-unsaturated/α-hetero) is 1. The standard InChI is InChI=1S/C12H15ClO2/c1-4-8(2)12(14)10-6-5-9(13)7-11(10)15-3/h5-8H,4H2,1-3H3. The van der Waals surface area contributed by atoms with Gasteiger partial charge in [-0.1, -0.05) is 25.4 Å². The number of rotatable bonds is 4. The predicted molar refractivity (Wildman–Crippen MR) is 61.8 cm³/mol. The topological polar surface area (TPSA) is 26.3 Å². The largest absolute Gasteiger partial charge is 0.496 e. The molecular formula is C12H15ClO2. The van der Waals surface area contributed by atoms with Crippen LogP contribution in [-0.2, 0) is 0 Å². The van der Waals surface area contributed by atoms with Gasteiger partial charge in [-0.25, -0.2) is 0 Å². The third-order valence-corrected chi connectivity index (χ3v) is 2.72. The summed E-state index contributed by atoms with van der Waals surface area (Å²) in [5, 5.41) is 0.576. The second-order valence-corrected chi connectivity index (χ2v) is 3.95. The highest BCUT2D eigenvalue weighted by Crippen LogP contribution is 2.26. The number of carbonyl (C=O) groups excluding carboxylic acids is 1. The van der Waals surface area contributed by atoms with Crippen molar-refractivity contribution in [2.45, 2.75) is 20.3 Å². The molecule has 0 amide bonds. The molecule has 0 bridgehead atoms. The van der Waals surface area contributed by atoms with Crippen molar-refractivity contribution >= 4 is 17.4 Å². The zero-order chi connectivity index (χ0) is 11.4. The van der Waals surface area contributed by atoms with E-state index in [9.17, 15) is 4.79 Å². The van der Waals surface area contributed by atoms with Gasteiger partial charge in [0.15, 0.2) is 5.78 Å². The molecule has 2 nitrogen and oxygen atoms in total. The van der Waals surface area contributed by atoms with E-state index in [1.165, 1.54) is 0 Å². The molecule has 0 N–H and O–H groups in total. The Labute approximate surface area is 95.2 Å². The lowest BCUT2D eigenvalue weighted by Gasteiger charge is -2.11. The minimum Gasteiger partial charge on any atom is -0.496 e. The van der Waals surface area contributed by atoms with Crippen LogP contribution in [0, 0.1) is 5.92 Å². The molecule has 0 aliphatic heterocycles. The van der Waals surface area contributed by atoms with E-state index in [1.54, 1.807) is 25.3 Å². The maximum absolute atomic E-state index is 11.9. The maximum Gasteiger partial charge on any atom is 0.169 e. The van der Waals surface area contributed by atoms with Crippen LogP contribution < -0.4 is 4.74 Å². The van der Waals surface area contributed by atoms with E-state index in [4.69, 9.17) is 16.3 Å². The van der Waals surface area contributed by atoms with E-state index in [2.05, 4.69) is 0 Å². The Morgan fingerprint density at radius 2 is 2.20 bits per heavy atom. The van der Waals surface area contributed by atoms with Crippen molar-refractivity contribution in [2.24, 2.45) is 5.92 Å². The maximum atomic E-state index is 11.9. The molecule has 1 rings (SSSR count). The molecule has 1 atom stereocenters. The first kappa shape index (κ1) is 12.1. The summed E-state index contributed by atoms with van der Waals surface area (Å²) in [6, 6.07) is 5.09. The molecule has 0 aliphatic carbocycles. The number of benzene rings is 1. The van der Waals surface area contributed by atoms with Gasteiger partial charge in [0, 0.05) is 10.9 Å². The van der Waals surface area contributed by atoms with E-state index in [-0.39, 0.29) is 11.7 Å². The van der Waals surface area contributed by atoms with Gasteiger partial charge >= 0.3 is 0 Å². The van der Waals surface area contributed by atoms with Crippen molar-refractivity contribution < 1.29 is 9.53 Å². The van der Waals surface area contributed by atoms with Gasteiger partial charge in [0.1, 0.15) is 5.75 Å². The summed E-state index contributed by atoms with van der Waals surface area (Å²) in [5.74, 6) is 0.666. The molecule has 0 fully saturated rings. The van der Waals surface area contributed by atoms with Crippen LogP contribution in [0.15, 0.2) is 18.2 Å². The fraction of sp³-hybridized carbons (Fsp3) is 0.417. The molecule has 15 heavy (non-hydrogen) atoms. The Morgan fingerprint density at radius 1 is 1.53 bits per heavy atom. The van der Waals surface area contributed by atoms with Crippen LogP contribution >= 0.6 is 11.6 Å².